The highest BCUT2D eigenvalue weighted by atomic mass is 35.5. The first-order valence-electron chi connectivity index (χ1n) is 10.8. The van der Waals surface area contributed by atoms with Crippen molar-refractivity contribution >= 4 is 40.1 Å². The quantitative estimate of drug-likeness (QED) is 0.335. The number of pyridine rings is 1. The highest BCUT2D eigenvalue weighted by molar-refractivity contribution is 7.90. The molecule has 1 aliphatic rings. The van der Waals surface area contributed by atoms with Crippen LogP contribution in [-0.4, -0.2) is 42.8 Å². The first-order chi connectivity index (χ1) is 16.2. The Hall–Kier alpha value is -2.89. The summed E-state index contributed by atoms with van der Waals surface area (Å²) in [5, 5.41) is 4.32. The third-order valence-corrected chi connectivity index (χ3v) is 7.32. The van der Waals surface area contributed by atoms with Crippen LogP contribution < -0.4 is 14.8 Å². The van der Waals surface area contributed by atoms with Crippen molar-refractivity contribution in [2.75, 3.05) is 6.61 Å². The van der Waals surface area contributed by atoms with Crippen molar-refractivity contribution in [3.05, 3.63) is 59.9 Å². The van der Waals surface area contributed by atoms with Gasteiger partial charge in [0.1, 0.15) is 5.15 Å². The van der Waals surface area contributed by atoms with Crippen LogP contribution in [0.1, 0.15) is 33.1 Å². The number of carbonyl (C=O) groups is 1. The van der Waals surface area contributed by atoms with Gasteiger partial charge in [0, 0.05) is 24.6 Å². The van der Waals surface area contributed by atoms with Gasteiger partial charge in [-0.3, -0.25) is 4.79 Å². The third kappa shape index (κ3) is 5.96. The predicted octanol–water partition coefficient (Wildman–Crippen LogP) is 2.73. The monoisotopic (exact) mass is 502 g/mol. The number of carbonyl (C=O) groups excluding carboxylic acids is 1. The molecule has 0 spiro atoms. The smallest absolute Gasteiger partial charge is 0.502 e. The molecule has 9 nitrogen and oxygen atoms in total. The number of ether oxygens (including phenoxy) is 1. The van der Waals surface area contributed by atoms with Gasteiger partial charge in [0.25, 0.3) is 5.97 Å². The van der Waals surface area contributed by atoms with Crippen molar-refractivity contribution in [1.29, 1.82) is 0 Å². The van der Waals surface area contributed by atoms with Crippen molar-refractivity contribution < 1.29 is 22.6 Å². The fraction of sp³-hybridized carbons (Fsp3) is 0.318. The second-order valence-corrected chi connectivity index (χ2v) is 10.6. The molecule has 34 heavy (non-hydrogen) atoms. The molecular formula is C22H24BClN4O5S. The minimum Gasteiger partial charge on any atom is -0.515 e. The molecule has 0 aliphatic heterocycles. The van der Waals surface area contributed by atoms with Gasteiger partial charge in [0.15, 0.2) is 5.82 Å². The van der Waals surface area contributed by atoms with E-state index in [0.29, 0.717) is 23.7 Å². The van der Waals surface area contributed by atoms with E-state index in [1.807, 2.05) is 0 Å². The number of sulfonamides is 1. The van der Waals surface area contributed by atoms with E-state index in [1.165, 1.54) is 42.6 Å². The van der Waals surface area contributed by atoms with E-state index >= 15 is 0 Å². The Morgan fingerprint density at radius 3 is 2.59 bits per heavy atom. The maximum absolute atomic E-state index is 12.8. The summed E-state index contributed by atoms with van der Waals surface area (Å²) >= 11 is 6.37. The number of halogens is 1. The fourth-order valence-electron chi connectivity index (χ4n) is 3.26. The van der Waals surface area contributed by atoms with Gasteiger partial charge in [-0.05, 0) is 42.9 Å². The Kier molecular flexibility index (Phi) is 6.97. The molecule has 1 aliphatic carbocycles. The normalized spacial score (nSPS) is 14.4. The maximum Gasteiger partial charge on any atom is 0.502 e. The van der Waals surface area contributed by atoms with Crippen LogP contribution in [0, 0.1) is 5.41 Å². The SMILES string of the molecule is CC(=O)OB(NS(=O)(=O)c1ccccc1)c1ccc(-n2ccc(OCCC3(C)CC3)n2)nc1Cl. The molecule has 2 aromatic heterocycles. The van der Waals surface area contributed by atoms with Gasteiger partial charge in [-0.25, -0.2) is 22.7 Å². The van der Waals surface area contributed by atoms with E-state index in [1.54, 1.807) is 36.5 Å². The number of nitrogens with zero attached hydrogens (tertiary/aromatic N) is 3. The van der Waals surface area contributed by atoms with Crippen molar-refractivity contribution in [1.82, 2.24) is 19.4 Å². The summed E-state index contributed by atoms with van der Waals surface area (Å²) in [7, 11) is -5.36. The molecule has 0 saturated heterocycles. The molecular weight excluding hydrogens is 479 g/mol. The molecule has 0 unspecified atom stereocenters. The van der Waals surface area contributed by atoms with E-state index in [4.69, 9.17) is 21.0 Å². The van der Waals surface area contributed by atoms with Crippen molar-refractivity contribution in [3.8, 4) is 11.7 Å². The van der Waals surface area contributed by atoms with Crippen molar-refractivity contribution in [2.45, 2.75) is 38.0 Å². The third-order valence-electron chi connectivity index (χ3n) is 5.60. The largest absolute Gasteiger partial charge is 0.515 e. The Bertz CT molecular complexity index is 1280. The summed E-state index contributed by atoms with van der Waals surface area (Å²) in [5.74, 6) is 0.180. The van der Waals surface area contributed by atoms with Crippen molar-refractivity contribution in [3.63, 3.8) is 0 Å². The van der Waals surface area contributed by atoms with Gasteiger partial charge < -0.3 is 9.39 Å². The lowest BCUT2D eigenvalue weighted by Gasteiger charge is -2.16. The van der Waals surface area contributed by atoms with Gasteiger partial charge in [-0.1, -0.05) is 42.8 Å². The molecule has 1 fully saturated rings. The van der Waals surface area contributed by atoms with Gasteiger partial charge in [-0.15, -0.1) is 5.10 Å². The topological polar surface area (TPSA) is 112 Å². The van der Waals surface area contributed by atoms with E-state index in [9.17, 15) is 13.2 Å². The molecule has 0 radical (unpaired) electrons. The van der Waals surface area contributed by atoms with Crippen LogP contribution in [0.2, 0.25) is 5.15 Å². The second kappa shape index (κ2) is 9.77. The highest BCUT2D eigenvalue weighted by Gasteiger charge is 2.36. The van der Waals surface area contributed by atoms with Crippen molar-refractivity contribution in [2.24, 2.45) is 5.41 Å². The summed E-state index contributed by atoms with van der Waals surface area (Å²) in [6.07, 6.45) is 5.13. The zero-order valence-electron chi connectivity index (χ0n) is 18.8. The molecule has 12 heteroatoms. The summed E-state index contributed by atoms with van der Waals surface area (Å²) < 4.78 is 40.3. The number of hydrogen-bond donors (Lipinski definition) is 1. The average molecular weight is 503 g/mol. The first kappa shape index (κ1) is 24.2. The van der Waals surface area contributed by atoms with Gasteiger partial charge in [-0.2, -0.15) is 0 Å². The zero-order valence-corrected chi connectivity index (χ0v) is 20.3. The number of rotatable bonds is 10. The fourth-order valence-corrected chi connectivity index (χ4v) is 4.62. The molecule has 0 bridgehead atoms. The Balaban J connectivity index is 1.51. The Labute approximate surface area is 203 Å². The molecule has 1 saturated carbocycles. The molecule has 2 heterocycles. The van der Waals surface area contributed by atoms with Crippen LogP contribution in [0.5, 0.6) is 5.88 Å². The van der Waals surface area contributed by atoms with Crippen LogP contribution in [0.3, 0.4) is 0 Å². The van der Waals surface area contributed by atoms with Gasteiger partial charge in [0.2, 0.25) is 15.9 Å². The second-order valence-electron chi connectivity index (χ2n) is 8.48. The van der Waals surface area contributed by atoms with Gasteiger partial charge >= 0.3 is 7.05 Å². The lowest BCUT2D eigenvalue weighted by molar-refractivity contribution is -0.132. The standard InChI is InChI=1S/C22H24BClN4O5S/c1-16(29)33-23(27-34(30,31)17-6-4-3-5-7-17)18-8-9-19(25-21(18)24)28-14-10-20(26-28)32-15-13-22(2)11-12-22/h3-10,14,27H,11-13,15H2,1-2H3. The zero-order chi connectivity index (χ0) is 24.3. The summed E-state index contributed by atoms with van der Waals surface area (Å²) in [6.45, 7) is 4.01. The summed E-state index contributed by atoms with van der Waals surface area (Å²) in [4.78, 5) is 16.0. The van der Waals surface area contributed by atoms with E-state index in [-0.39, 0.29) is 15.5 Å². The minimum absolute atomic E-state index is 0.0209. The first-order valence-corrected chi connectivity index (χ1v) is 12.6. The average Bonchev–Trinajstić information content (AvgIpc) is 3.33. The van der Waals surface area contributed by atoms with Crippen LogP contribution in [0.25, 0.3) is 5.82 Å². The summed E-state index contributed by atoms with van der Waals surface area (Å²) in [6, 6.07) is 12.6. The molecule has 4 rings (SSSR count). The van der Waals surface area contributed by atoms with Gasteiger partial charge in [0.05, 0.1) is 11.5 Å². The molecule has 3 aromatic rings. The molecule has 1 aromatic carbocycles. The number of nitrogens with one attached hydrogen (secondary N) is 1. The van der Waals surface area contributed by atoms with Crippen LogP contribution in [0.15, 0.2) is 59.6 Å². The number of hydrogen-bond acceptors (Lipinski definition) is 7. The molecule has 1 N–H and O–H groups in total. The van der Waals surface area contributed by atoms with E-state index < -0.39 is 23.0 Å². The maximum atomic E-state index is 12.8. The highest BCUT2D eigenvalue weighted by Crippen LogP contribution is 2.47. The Morgan fingerprint density at radius 1 is 1.21 bits per heavy atom. The minimum atomic E-state index is -3.99. The van der Waals surface area contributed by atoms with E-state index in [2.05, 4.69) is 21.6 Å². The van der Waals surface area contributed by atoms with Crippen LogP contribution in [0.4, 0.5) is 0 Å². The Morgan fingerprint density at radius 2 is 1.94 bits per heavy atom. The predicted molar refractivity (Wildman–Crippen MR) is 128 cm³/mol. The summed E-state index contributed by atoms with van der Waals surface area (Å²) in [5.41, 5.74) is 0.579. The number of aromatic nitrogens is 3. The molecule has 0 amide bonds. The lowest BCUT2D eigenvalue weighted by Crippen LogP contribution is -2.51. The molecule has 0 atom stereocenters. The van der Waals surface area contributed by atoms with Crippen LogP contribution >= 0.6 is 11.6 Å². The lowest BCUT2D eigenvalue weighted by atomic mass is 9.76. The molecule has 178 valence electrons. The van der Waals surface area contributed by atoms with E-state index in [0.717, 1.165) is 6.42 Å². The number of benzene rings is 1. The van der Waals surface area contributed by atoms with Crippen LogP contribution in [-0.2, 0) is 19.5 Å².